The number of hydrogen-bond acceptors (Lipinski definition) is 6. The van der Waals surface area contributed by atoms with E-state index in [4.69, 9.17) is 4.74 Å². The van der Waals surface area contributed by atoms with E-state index in [1.165, 1.54) is 24.1 Å². The number of piperazine rings is 1. The molecular formula is C23H29F4N3O5S. The minimum atomic E-state index is -5.09. The molecule has 36 heavy (non-hydrogen) atoms. The zero-order chi connectivity index (χ0) is 26.5. The van der Waals surface area contributed by atoms with Gasteiger partial charge in [0.2, 0.25) is 10.0 Å². The molecule has 1 amide bonds. The van der Waals surface area contributed by atoms with E-state index in [9.17, 15) is 30.8 Å². The van der Waals surface area contributed by atoms with E-state index in [0.29, 0.717) is 24.4 Å². The molecule has 1 fully saturated rings. The normalized spacial score (nSPS) is 15.0. The largest absolute Gasteiger partial charge is 0.573 e. The second kappa shape index (κ2) is 11.3. The van der Waals surface area contributed by atoms with Crippen LogP contribution in [0.5, 0.6) is 11.5 Å². The molecule has 1 aliphatic rings. The molecule has 8 nitrogen and oxygen atoms in total. The van der Waals surface area contributed by atoms with Gasteiger partial charge in [0.25, 0.3) is 5.91 Å². The fraction of sp³-hybridized carbons (Fsp3) is 0.435. The first-order valence-electron chi connectivity index (χ1n) is 11.2. The maximum Gasteiger partial charge on any atom is 0.573 e. The topological polar surface area (TPSA) is 88.2 Å². The van der Waals surface area contributed by atoms with Crippen molar-refractivity contribution in [3.8, 4) is 11.5 Å². The molecule has 2 aromatic rings. The van der Waals surface area contributed by atoms with Gasteiger partial charge >= 0.3 is 6.36 Å². The summed E-state index contributed by atoms with van der Waals surface area (Å²) >= 11 is 0. The van der Waals surface area contributed by atoms with Crippen LogP contribution in [0.25, 0.3) is 0 Å². The van der Waals surface area contributed by atoms with Gasteiger partial charge in [-0.2, -0.15) is 0 Å². The van der Waals surface area contributed by atoms with Crippen LogP contribution in [0.4, 0.5) is 23.2 Å². The molecule has 3 rings (SSSR count). The average Bonchev–Trinajstić information content (AvgIpc) is 2.80. The van der Waals surface area contributed by atoms with E-state index in [2.05, 4.69) is 9.46 Å². The third-order valence-electron chi connectivity index (χ3n) is 5.53. The third kappa shape index (κ3) is 7.23. The van der Waals surface area contributed by atoms with Gasteiger partial charge in [-0.1, -0.05) is 13.0 Å². The number of halogens is 4. The Morgan fingerprint density at radius 2 is 1.81 bits per heavy atom. The highest BCUT2D eigenvalue weighted by molar-refractivity contribution is 7.92. The van der Waals surface area contributed by atoms with E-state index < -0.39 is 39.5 Å². The van der Waals surface area contributed by atoms with Crippen molar-refractivity contribution < 1.29 is 41.7 Å². The predicted molar refractivity (Wildman–Crippen MR) is 127 cm³/mol. The lowest BCUT2D eigenvalue weighted by molar-refractivity contribution is -0.274. The number of carbonyl (C=O) groups is 1. The van der Waals surface area contributed by atoms with Gasteiger partial charge < -0.3 is 14.4 Å². The van der Waals surface area contributed by atoms with E-state index >= 15 is 0 Å². The maximum atomic E-state index is 14.2. The van der Waals surface area contributed by atoms with Gasteiger partial charge in [-0.3, -0.25) is 14.4 Å². The fourth-order valence-electron chi connectivity index (χ4n) is 3.83. The zero-order valence-electron chi connectivity index (χ0n) is 19.8. The SMILES string of the molecule is CCCS(=O)(=O)Nc1ccc(C(=O)N2CCN(Cc3c(F)cccc3OC)CC2)cc1OC(F)(F)F.[HH]. The first-order valence-corrected chi connectivity index (χ1v) is 12.8. The molecule has 1 saturated heterocycles. The van der Waals surface area contributed by atoms with Crippen LogP contribution in [0.2, 0.25) is 0 Å². The van der Waals surface area contributed by atoms with E-state index in [-0.39, 0.29) is 38.8 Å². The Bertz CT molecular complexity index is 1190. The molecule has 0 aromatic heterocycles. The molecule has 200 valence electrons. The van der Waals surface area contributed by atoms with Crippen molar-refractivity contribution in [1.29, 1.82) is 0 Å². The fourth-order valence-corrected chi connectivity index (χ4v) is 4.98. The van der Waals surface area contributed by atoms with Crippen molar-refractivity contribution >= 4 is 21.6 Å². The lowest BCUT2D eigenvalue weighted by Gasteiger charge is -2.35. The van der Waals surface area contributed by atoms with Gasteiger partial charge in [-0.15, -0.1) is 13.2 Å². The number of benzene rings is 2. The molecule has 13 heteroatoms. The van der Waals surface area contributed by atoms with Gasteiger partial charge in [-0.25, -0.2) is 12.8 Å². The Morgan fingerprint density at radius 1 is 1.11 bits per heavy atom. The summed E-state index contributed by atoms with van der Waals surface area (Å²) in [5.41, 5.74) is -0.104. The zero-order valence-corrected chi connectivity index (χ0v) is 20.6. The summed E-state index contributed by atoms with van der Waals surface area (Å²) in [5, 5.41) is 0. The first kappa shape index (κ1) is 27.5. The van der Waals surface area contributed by atoms with Crippen molar-refractivity contribution in [1.82, 2.24) is 9.80 Å². The minimum absolute atomic E-state index is 0. The van der Waals surface area contributed by atoms with Gasteiger partial charge in [0.15, 0.2) is 5.75 Å². The van der Waals surface area contributed by atoms with Crippen LogP contribution in [0, 0.1) is 5.82 Å². The van der Waals surface area contributed by atoms with Gasteiger partial charge in [0, 0.05) is 45.3 Å². The van der Waals surface area contributed by atoms with Gasteiger partial charge in [0.1, 0.15) is 11.6 Å². The highest BCUT2D eigenvalue weighted by Gasteiger charge is 2.33. The van der Waals surface area contributed by atoms with Gasteiger partial charge in [0.05, 0.1) is 18.6 Å². The molecule has 0 saturated carbocycles. The van der Waals surface area contributed by atoms with Crippen molar-refractivity contribution in [3.05, 3.63) is 53.3 Å². The number of carbonyl (C=O) groups excluding carboxylic acids is 1. The van der Waals surface area contributed by atoms with Crippen LogP contribution in [0.1, 0.15) is 30.7 Å². The predicted octanol–water partition coefficient (Wildman–Crippen LogP) is 4.09. The monoisotopic (exact) mass is 535 g/mol. The molecule has 1 aliphatic heterocycles. The van der Waals surface area contributed by atoms with Crippen LogP contribution in [0.15, 0.2) is 36.4 Å². The lowest BCUT2D eigenvalue weighted by Crippen LogP contribution is -2.48. The number of hydrogen-bond donors (Lipinski definition) is 1. The third-order valence-corrected chi connectivity index (χ3v) is 7.01. The van der Waals surface area contributed by atoms with E-state index in [1.54, 1.807) is 19.1 Å². The molecule has 0 radical (unpaired) electrons. The number of methoxy groups -OCH3 is 1. The van der Waals surface area contributed by atoms with Crippen molar-refractivity contribution in [3.63, 3.8) is 0 Å². The molecule has 2 aromatic carbocycles. The summed E-state index contributed by atoms with van der Waals surface area (Å²) in [6, 6.07) is 7.73. The standard InChI is InChI=1S/C23H27F4N3O5S.H2/c1-3-13-36(32,33)28-19-8-7-16(14-21(19)35-23(25,26)27)22(31)30-11-9-29(10-12-30)15-17-18(24)5-4-6-20(17)34-2;/h4-8,14,28H,3,9-13,15H2,1-2H3;1H. The quantitative estimate of drug-likeness (QED) is 0.487. The molecule has 0 bridgehead atoms. The molecule has 0 aliphatic carbocycles. The Labute approximate surface area is 208 Å². The summed E-state index contributed by atoms with van der Waals surface area (Å²) < 4.78 is 88.5. The minimum Gasteiger partial charge on any atom is -0.496 e. The number of ether oxygens (including phenoxy) is 2. The van der Waals surface area contributed by atoms with Crippen LogP contribution in [0.3, 0.4) is 0 Å². The van der Waals surface area contributed by atoms with E-state index in [0.717, 1.165) is 12.1 Å². The Morgan fingerprint density at radius 3 is 2.42 bits per heavy atom. The summed E-state index contributed by atoms with van der Waals surface area (Å²) in [4.78, 5) is 16.4. The van der Waals surface area contributed by atoms with Crippen molar-refractivity contribution in [2.24, 2.45) is 0 Å². The molecule has 0 spiro atoms. The Hall–Kier alpha value is -3.06. The van der Waals surface area contributed by atoms with Crippen molar-refractivity contribution in [2.75, 3.05) is 43.8 Å². The highest BCUT2D eigenvalue weighted by Crippen LogP contribution is 2.33. The van der Waals surface area contributed by atoms with Crippen LogP contribution >= 0.6 is 0 Å². The van der Waals surface area contributed by atoms with Crippen molar-refractivity contribution in [2.45, 2.75) is 26.3 Å². The molecule has 0 atom stereocenters. The average molecular weight is 536 g/mol. The maximum absolute atomic E-state index is 14.2. The Balaban J connectivity index is 0.00000481. The number of rotatable bonds is 9. The molecule has 1 heterocycles. The molecule has 1 N–H and O–H groups in total. The van der Waals surface area contributed by atoms with Crippen LogP contribution in [-0.4, -0.2) is 69.5 Å². The second-order valence-electron chi connectivity index (χ2n) is 8.17. The number of sulfonamides is 1. The van der Waals surface area contributed by atoms with Crippen LogP contribution in [-0.2, 0) is 16.6 Å². The Kier molecular flexibility index (Phi) is 8.67. The first-order chi connectivity index (χ1) is 16.9. The lowest BCUT2D eigenvalue weighted by atomic mass is 10.1. The highest BCUT2D eigenvalue weighted by atomic mass is 32.2. The van der Waals surface area contributed by atoms with Crippen LogP contribution < -0.4 is 14.2 Å². The number of amides is 1. The summed E-state index contributed by atoms with van der Waals surface area (Å²) in [6.45, 7) is 3.22. The van der Waals surface area contributed by atoms with E-state index in [1.807, 2.05) is 4.90 Å². The summed E-state index contributed by atoms with van der Waals surface area (Å²) in [5.74, 6) is -1.63. The summed E-state index contributed by atoms with van der Waals surface area (Å²) in [6.07, 6.45) is -4.83. The number of nitrogens with zero attached hydrogens (tertiary/aromatic N) is 2. The number of anilines is 1. The second-order valence-corrected chi connectivity index (χ2v) is 10.0. The van der Waals surface area contributed by atoms with Gasteiger partial charge in [-0.05, 0) is 36.8 Å². The molecular weight excluding hydrogens is 506 g/mol. The smallest absolute Gasteiger partial charge is 0.496 e. The summed E-state index contributed by atoms with van der Waals surface area (Å²) in [7, 11) is -2.44. The number of nitrogens with one attached hydrogen (secondary N) is 1. The number of alkyl halides is 3. The molecule has 0 unspecified atom stereocenters.